The van der Waals surface area contributed by atoms with Gasteiger partial charge in [-0.3, -0.25) is 15.1 Å². The largest absolute Gasteiger partial charge is 0.384 e. The average Bonchev–Trinajstić information content (AvgIpc) is 3.11. The summed E-state index contributed by atoms with van der Waals surface area (Å²) in [4.78, 5) is 30.8. The number of hydrogen-bond acceptors (Lipinski definition) is 5. The summed E-state index contributed by atoms with van der Waals surface area (Å²) >= 11 is 0. The molecule has 1 heterocycles. The van der Waals surface area contributed by atoms with Crippen molar-refractivity contribution in [3.05, 3.63) is 119 Å². The summed E-state index contributed by atoms with van der Waals surface area (Å²) in [6.07, 6.45) is 1.55. The Morgan fingerprint density at radius 1 is 0.895 bits per heavy atom. The van der Waals surface area contributed by atoms with Crippen molar-refractivity contribution >= 4 is 34.8 Å². The van der Waals surface area contributed by atoms with Crippen LogP contribution in [-0.4, -0.2) is 33.8 Å². The molecule has 0 saturated carbocycles. The molecule has 190 valence electrons. The molecule has 1 unspecified atom stereocenters. The van der Waals surface area contributed by atoms with Gasteiger partial charge in [0.1, 0.15) is 11.4 Å². The maximum atomic E-state index is 14.0. The number of carbonyl (C=O) groups is 2. The number of urea groups is 1. The second kappa shape index (κ2) is 9.82. The fourth-order valence-electron chi connectivity index (χ4n) is 4.93. The van der Waals surface area contributed by atoms with Crippen LogP contribution in [0.5, 0.6) is 0 Å². The third kappa shape index (κ3) is 4.37. The number of nitrogen functional groups attached to an aromatic ring is 1. The van der Waals surface area contributed by atoms with Crippen LogP contribution in [0.25, 0.3) is 10.8 Å². The molecule has 0 radical (unpaired) electrons. The zero-order valence-electron chi connectivity index (χ0n) is 21.0. The van der Waals surface area contributed by atoms with Crippen molar-refractivity contribution in [1.82, 2.24) is 9.80 Å². The molecule has 1 saturated heterocycles. The molecule has 0 spiro atoms. The quantitative estimate of drug-likeness (QED) is 0.114. The summed E-state index contributed by atoms with van der Waals surface area (Å²) in [5.41, 5.74) is 8.40. The maximum absolute atomic E-state index is 14.0. The highest BCUT2D eigenvalue weighted by Crippen LogP contribution is 2.39. The second-order valence-corrected chi connectivity index (χ2v) is 9.53. The van der Waals surface area contributed by atoms with E-state index in [-0.39, 0.29) is 30.9 Å². The Hall–Kier alpha value is -4.98. The first-order valence-electron chi connectivity index (χ1n) is 12.2. The molecule has 38 heavy (non-hydrogen) atoms. The van der Waals surface area contributed by atoms with Gasteiger partial charge in [-0.1, -0.05) is 78.9 Å². The summed E-state index contributed by atoms with van der Waals surface area (Å²) in [6.45, 7) is 2.19. The van der Waals surface area contributed by atoms with Gasteiger partial charge in [-0.05, 0) is 52.1 Å². The van der Waals surface area contributed by atoms with E-state index in [9.17, 15) is 9.59 Å². The van der Waals surface area contributed by atoms with Crippen LogP contribution >= 0.6 is 0 Å². The molecular formula is C30H28N6O2. The Labute approximate surface area is 220 Å². The monoisotopic (exact) mass is 504 g/mol. The van der Waals surface area contributed by atoms with Gasteiger partial charge in [0.25, 0.3) is 5.91 Å². The van der Waals surface area contributed by atoms with Gasteiger partial charge in [-0.2, -0.15) is 5.10 Å². The SMILES string of the molecule is CC1(c2ccccc2)C(=O)N(Cc2ccc3ccc(C(=N)N)cc3c2)C(=O)N1Cc1ccc(C=NN)cc1. The highest BCUT2D eigenvalue weighted by atomic mass is 16.2. The molecule has 3 amide bonds. The van der Waals surface area contributed by atoms with E-state index in [4.69, 9.17) is 17.0 Å². The van der Waals surface area contributed by atoms with Crippen molar-refractivity contribution in [2.24, 2.45) is 16.7 Å². The van der Waals surface area contributed by atoms with Crippen LogP contribution in [0.4, 0.5) is 4.79 Å². The predicted octanol–water partition coefficient (Wildman–Crippen LogP) is 4.30. The Kier molecular flexibility index (Phi) is 6.38. The van der Waals surface area contributed by atoms with Gasteiger partial charge in [-0.25, -0.2) is 4.79 Å². The number of nitrogens with two attached hydrogens (primary N) is 2. The Bertz CT molecular complexity index is 1570. The van der Waals surface area contributed by atoms with Gasteiger partial charge in [0.05, 0.1) is 12.8 Å². The molecule has 0 bridgehead atoms. The van der Waals surface area contributed by atoms with Crippen molar-refractivity contribution < 1.29 is 9.59 Å². The third-order valence-corrected chi connectivity index (χ3v) is 7.10. The minimum absolute atomic E-state index is 0.0141. The van der Waals surface area contributed by atoms with Gasteiger partial charge in [0.2, 0.25) is 0 Å². The van der Waals surface area contributed by atoms with E-state index in [1.807, 2.05) is 84.9 Å². The number of nitrogens with zero attached hydrogens (tertiary/aromatic N) is 3. The van der Waals surface area contributed by atoms with Crippen LogP contribution < -0.4 is 11.6 Å². The zero-order valence-corrected chi connectivity index (χ0v) is 21.0. The second-order valence-electron chi connectivity index (χ2n) is 9.53. The van der Waals surface area contributed by atoms with Crippen molar-refractivity contribution in [2.75, 3.05) is 0 Å². The number of fused-ring (bicyclic) bond motifs is 1. The number of rotatable bonds is 7. The number of carbonyl (C=O) groups excluding carboxylic acids is 2. The smallest absolute Gasteiger partial charge is 0.328 e. The van der Waals surface area contributed by atoms with Crippen molar-refractivity contribution in [3.63, 3.8) is 0 Å². The van der Waals surface area contributed by atoms with Crippen LogP contribution in [-0.2, 0) is 23.4 Å². The molecule has 0 aromatic heterocycles. The van der Waals surface area contributed by atoms with E-state index >= 15 is 0 Å². The molecule has 1 fully saturated rings. The molecule has 4 aromatic carbocycles. The number of hydrazone groups is 1. The van der Waals surface area contributed by atoms with Gasteiger partial charge in [0, 0.05) is 12.1 Å². The van der Waals surface area contributed by atoms with E-state index < -0.39 is 5.54 Å². The summed E-state index contributed by atoms with van der Waals surface area (Å²) in [7, 11) is 0. The minimum Gasteiger partial charge on any atom is -0.384 e. The number of amidine groups is 1. The van der Waals surface area contributed by atoms with E-state index in [1.165, 1.54) is 4.90 Å². The van der Waals surface area contributed by atoms with Crippen LogP contribution in [0, 0.1) is 5.41 Å². The molecule has 5 rings (SSSR count). The van der Waals surface area contributed by atoms with Crippen molar-refractivity contribution in [3.8, 4) is 0 Å². The van der Waals surface area contributed by atoms with E-state index in [0.29, 0.717) is 5.56 Å². The predicted molar refractivity (Wildman–Crippen MR) is 148 cm³/mol. The first kappa shape index (κ1) is 24.7. The fourth-order valence-corrected chi connectivity index (χ4v) is 4.93. The number of nitrogens with one attached hydrogen (secondary N) is 1. The summed E-state index contributed by atoms with van der Waals surface area (Å²) < 4.78 is 0. The first-order valence-corrected chi connectivity index (χ1v) is 12.2. The highest BCUT2D eigenvalue weighted by Gasteiger charge is 2.55. The number of amides is 3. The van der Waals surface area contributed by atoms with Gasteiger partial charge in [0.15, 0.2) is 0 Å². The molecule has 5 N–H and O–H groups in total. The number of hydrogen-bond donors (Lipinski definition) is 3. The molecule has 1 atom stereocenters. The van der Waals surface area contributed by atoms with E-state index in [0.717, 1.165) is 33.0 Å². The molecule has 4 aromatic rings. The molecule has 8 heteroatoms. The third-order valence-electron chi connectivity index (χ3n) is 7.10. The maximum Gasteiger partial charge on any atom is 0.328 e. The zero-order chi connectivity index (χ0) is 26.9. The Morgan fingerprint density at radius 3 is 2.26 bits per heavy atom. The van der Waals surface area contributed by atoms with E-state index in [2.05, 4.69) is 5.10 Å². The first-order chi connectivity index (χ1) is 18.3. The van der Waals surface area contributed by atoms with Crippen LogP contribution in [0.2, 0.25) is 0 Å². The van der Waals surface area contributed by atoms with E-state index in [1.54, 1.807) is 24.1 Å². The average molecular weight is 505 g/mol. The fraction of sp³-hybridized carbons (Fsp3) is 0.133. The lowest BCUT2D eigenvalue weighted by Gasteiger charge is -2.32. The lowest BCUT2D eigenvalue weighted by Crippen LogP contribution is -2.43. The van der Waals surface area contributed by atoms with Crippen molar-refractivity contribution in [2.45, 2.75) is 25.6 Å². The lowest BCUT2D eigenvalue weighted by atomic mass is 9.90. The van der Waals surface area contributed by atoms with Gasteiger partial charge in [-0.15, -0.1) is 0 Å². The molecule has 0 aliphatic carbocycles. The highest BCUT2D eigenvalue weighted by molar-refractivity contribution is 6.07. The van der Waals surface area contributed by atoms with Crippen LogP contribution in [0.15, 0.2) is 96.1 Å². The van der Waals surface area contributed by atoms with Crippen LogP contribution in [0.1, 0.15) is 34.7 Å². The van der Waals surface area contributed by atoms with Gasteiger partial charge >= 0.3 is 6.03 Å². The summed E-state index contributed by atoms with van der Waals surface area (Å²) in [5, 5.41) is 13.2. The normalized spacial score (nSPS) is 17.6. The molecule has 1 aliphatic rings. The van der Waals surface area contributed by atoms with Gasteiger partial charge < -0.3 is 16.5 Å². The minimum atomic E-state index is -1.17. The van der Waals surface area contributed by atoms with Crippen molar-refractivity contribution in [1.29, 1.82) is 5.41 Å². The lowest BCUT2D eigenvalue weighted by molar-refractivity contribution is -0.133. The summed E-state index contributed by atoms with van der Waals surface area (Å²) in [6, 6.07) is 27.9. The standard InChI is InChI=1S/C30H28N6O2/c1-30(26-5-3-2-4-6-26)28(37)35(29(38)36(30)19-21-9-7-20(8-10-21)17-34-33)18-22-11-12-23-13-14-24(27(31)32)16-25(23)15-22/h2-17H,18-19,33H2,1H3,(H3,31,32). The number of benzene rings is 4. The molecule has 1 aliphatic heterocycles. The topological polar surface area (TPSA) is 129 Å². The summed E-state index contributed by atoms with van der Waals surface area (Å²) in [5.74, 6) is 4.96. The Balaban J connectivity index is 1.50. The molecule has 8 nitrogen and oxygen atoms in total. The van der Waals surface area contributed by atoms with Crippen LogP contribution in [0.3, 0.4) is 0 Å². The Morgan fingerprint density at radius 2 is 1.58 bits per heavy atom. The molecular weight excluding hydrogens is 476 g/mol. The number of imide groups is 1.